The molecule has 9 heteroatoms. The van der Waals surface area contributed by atoms with E-state index in [1.165, 1.54) is 5.56 Å². The SMILES string of the molecule is O=C(O)CN1C(=O)/C(=C/c2ccc(OCCCc3ccccc3)cc2OCc2cccs2)SC1=S. The Balaban J connectivity index is 1.48. The maximum absolute atomic E-state index is 12.7. The summed E-state index contributed by atoms with van der Waals surface area (Å²) in [5, 5.41) is 11.0. The Labute approximate surface area is 217 Å². The van der Waals surface area contributed by atoms with E-state index in [-0.39, 0.29) is 4.32 Å². The van der Waals surface area contributed by atoms with Crippen LogP contribution in [0, 0.1) is 0 Å². The van der Waals surface area contributed by atoms with Crippen LogP contribution in [0.25, 0.3) is 6.08 Å². The van der Waals surface area contributed by atoms with E-state index >= 15 is 0 Å². The molecule has 2 heterocycles. The molecular weight excluding hydrogens is 502 g/mol. The zero-order valence-corrected chi connectivity index (χ0v) is 21.2. The number of carboxylic acids is 1. The fraction of sp³-hybridized carbons (Fsp3) is 0.192. The first-order valence-electron chi connectivity index (χ1n) is 10.9. The summed E-state index contributed by atoms with van der Waals surface area (Å²) in [6, 6.07) is 19.7. The summed E-state index contributed by atoms with van der Waals surface area (Å²) < 4.78 is 12.3. The van der Waals surface area contributed by atoms with Crippen molar-refractivity contribution in [1.29, 1.82) is 0 Å². The number of ether oxygens (including phenoxy) is 2. The normalized spacial score (nSPS) is 14.5. The summed E-state index contributed by atoms with van der Waals surface area (Å²) >= 11 is 7.88. The van der Waals surface area contributed by atoms with Gasteiger partial charge in [0.25, 0.3) is 5.91 Å². The molecular formula is C26H23NO5S3. The molecule has 1 amide bonds. The topological polar surface area (TPSA) is 76.1 Å². The van der Waals surface area contributed by atoms with E-state index in [1.54, 1.807) is 17.4 Å². The van der Waals surface area contributed by atoms with Crippen molar-refractivity contribution in [1.82, 2.24) is 4.90 Å². The number of carbonyl (C=O) groups is 2. The van der Waals surface area contributed by atoms with E-state index in [1.807, 2.05) is 53.9 Å². The second-order valence-electron chi connectivity index (χ2n) is 7.67. The lowest BCUT2D eigenvalue weighted by molar-refractivity contribution is -0.140. The van der Waals surface area contributed by atoms with Crippen LogP contribution >= 0.6 is 35.3 Å². The van der Waals surface area contributed by atoms with Crippen molar-refractivity contribution in [3.63, 3.8) is 0 Å². The van der Waals surface area contributed by atoms with E-state index in [2.05, 4.69) is 12.1 Å². The molecule has 1 aliphatic heterocycles. The number of rotatable bonds is 11. The molecule has 0 atom stereocenters. The molecule has 0 unspecified atom stereocenters. The number of nitrogens with zero attached hydrogens (tertiary/aromatic N) is 1. The van der Waals surface area contributed by atoms with Gasteiger partial charge in [-0.05, 0) is 48.1 Å². The number of thiocarbonyl (C=S) groups is 1. The first-order valence-corrected chi connectivity index (χ1v) is 13.0. The van der Waals surface area contributed by atoms with Crippen molar-refractivity contribution in [3.8, 4) is 11.5 Å². The van der Waals surface area contributed by atoms with Crippen molar-refractivity contribution >= 4 is 57.6 Å². The maximum Gasteiger partial charge on any atom is 0.323 e. The lowest BCUT2D eigenvalue weighted by Gasteiger charge is -2.13. The average molecular weight is 526 g/mol. The molecule has 2 aromatic carbocycles. The quantitative estimate of drug-likeness (QED) is 0.198. The predicted molar refractivity (Wildman–Crippen MR) is 143 cm³/mol. The number of thiophene rings is 1. The summed E-state index contributed by atoms with van der Waals surface area (Å²) in [6.45, 7) is 0.488. The molecule has 0 spiro atoms. The van der Waals surface area contributed by atoms with Crippen molar-refractivity contribution < 1.29 is 24.2 Å². The number of carboxylic acid groups (broad SMARTS) is 1. The highest BCUT2D eigenvalue weighted by atomic mass is 32.2. The number of aryl methyl sites for hydroxylation is 1. The standard InChI is InChI=1S/C26H23NO5S3/c28-24(29)16-27-25(30)23(35-26(27)33)14-19-10-11-20(15-22(19)32-17-21-9-5-13-34-21)31-12-4-8-18-6-2-1-3-7-18/h1-3,5-7,9-11,13-15H,4,8,12,16-17H2,(H,28,29)/b23-14-. The predicted octanol–water partition coefficient (Wildman–Crippen LogP) is 5.62. The number of hydrogen-bond donors (Lipinski definition) is 1. The average Bonchev–Trinajstić information content (AvgIpc) is 3.46. The summed E-state index contributed by atoms with van der Waals surface area (Å²) in [6.07, 6.45) is 3.49. The number of amides is 1. The van der Waals surface area contributed by atoms with Crippen LogP contribution in [0.3, 0.4) is 0 Å². The fourth-order valence-corrected chi connectivity index (χ4v) is 5.28. The lowest BCUT2D eigenvalue weighted by atomic mass is 10.1. The molecule has 0 radical (unpaired) electrons. The first kappa shape index (κ1) is 25.0. The smallest absolute Gasteiger partial charge is 0.323 e. The molecule has 1 saturated heterocycles. The van der Waals surface area contributed by atoms with Gasteiger partial charge in [0.05, 0.1) is 11.5 Å². The Kier molecular flexibility index (Phi) is 8.57. The zero-order valence-electron chi connectivity index (χ0n) is 18.7. The van der Waals surface area contributed by atoms with Crippen LogP contribution in [-0.2, 0) is 22.6 Å². The van der Waals surface area contributed by atoms with Crippen LogP contribution in [0.15, 0.2) is 70.9 Å². The summed E-state index contributed by atoms with van der Waals surface area (Å²) in [5.41, 5.74) is 1.96. The van der Waals surface area contributed by atoms with E-state index in [9.17, 15) is 9.59 Å². The molecule has 1 aliphatic rings. The van der Waals surface area contributed by atoms with E-state index in [0.717, 1.165) is 34.4 Å². The molecule has 0 aliphatic carbocycles. The van der Waals surface area contributed by atoms with Gasteiger partial charge in [-0.1, -0.05) is 60.4 Å². The van der Waals surface area contributed by atoms with E-state index in [4.69, 9.17) is 26.8 Å². The third-order valence-corrected chi connectivity index (χ3v) is 7.34. The van der Waals surface area contributed by atoms with Gasteiger partial charge < -0.3 is 14.6 Å². The Morgan fingerprint density at radius 1 is 1.09 bits per heavy atom. The lowest BCUT2D eigenvalue weighted by Crippen LogP contribution is -2.33. The number of carbonyl (C=O) groups excluding carboxylic acids is 1. The Hall–Kier alpha value is -3.14. The highest BCUT2D eigenvalue weighted by molar-refractivity contribution is 8.26. The van der Waals surface area contributed by atoms with Crippen molar-refractivity contribution in [2.24, 2.45) is 0 Å². The molecule has 180 valence electrons. The summed E-state index contributed by atoms with van der Waals surface area (Å²) in [4.78, 5) is 26.3. The van der Waals surface area contributed by atoms with Crippen molar-refractivity contribution in [2.45, 2.75) is 19.4 Å². The maximum atomic E-state index is 12.7. The second kappa shape index (κ2) is 12.0. The molecule has 6 nitrogen and oxygen atoms in total. The van der Waals surface area contributed by atoms with E-state index in [0.29, 0.717) is 35.2 Å². The Morgan fingerprint density at radius 3 is 2.66 bits per heavy atom. The fourth-order valence-electron chi connectivity index (χ4n) is 3.42. The Morgan fingerprint density at radius 2 is 1.91 bits per heavy atom. The highest BCUT2D eigenvalue weighted by Gasteiger charge is 2.33. The van der Waals surface area contributed by atoms with Gasteiger partial charge in [-0.25, -0.2) is 0 Å². The van der Waals surface area contributed by atoms with Crippen LogP contribution in [-0.4, -0.2) is 39.4 Å². The monoisotopic (exact) mass is 525 g/mol. The van der Waals surface area contributed by atoms with Gasteiger partial charge in [0, 0.05) is 16.5 Å². The van der Waals surface area contributed by atoms with Crippen molar-refractivity contribution in [2.75, 3.05) is 13.2 Å². The van der Waals surface area contributed by atoms with E-state index < -0.39 is 18.4 Å². The molecule has 3 aromatic rings. The third-order valence-electron chi connectivity index (χ3n) is 5.11. The van der Waals surface area contributed by atoms with Gasteiger partial charge in [-0.2, -0.15) is 0 Å². The summed E-state index contributed by atoms with van der Waals surface area (Å²) in [5.74, 6) is -0.290. The van der Waals surface area contributed by atoms with Gasteiger partial charge in [0.1, 0.15) is 29.0 Å². The minimum absolute atomic E-state index is 0.225. The molecule has 1 fully saturated rings. The van der Waals surface area contributed by atoms with Gasteiger partial charge in [-0.15, -0.1) is 11.3 Å². The van der Waals surface area contributed by atoms with Gasteiger partial charge in [-0.3, -0.25) is 14.5 Å². The molecule has 1 aromatic heterocycles. The Bertz CT molecular complexity index is 1230. The largest absolute Gasteiger partial charge is 0.493 e. The number of benzene rings is 2. The van der Waals surface area contributed by atoms with Crippen LogP contribution in [0.2, 0.25) is 0 Å². The third kappa shape index (κ3) is 6.94. The molecule has 4 rings (SSSR count). The minimum Gasteiger partial charge on any atom is -0.493 e. The summed E-state index contributed by atoms with van der Waals surface area (Å²) in [7, 11) is 0. The number of aliphatic carboxylic acids is 1. The molecule has 0 saturated carbocycles. The van der Waals surface area contributed by atoms with Crippen LogP contribution in [0.4, 0.5) is 0 Å². The molecule has 35 heavy (non-hydrogen) atoms. The molecule has 0 bridgehead atoms. The van der Waals surface area contributed by atoms with Gasteiger partial charge >= 0.3 is 5.97 Å². The second-order valence-corrected chi connectivity index (χ2v) is 10.4. The number of hydrogen-bond acceptors (Lipinski definition) is 7. The number of thioether (sulfide) groups is 1. The zero-order chi connectivity index (χ0) is 24.6. The molecule has 1 N–H and O–H groups in total. The van der Waals surface area contributed by atoms with Gasteiger partial charge in [0.2, 0.25) is 0 Å². The first-order chi connectivity index (χ1) is 17.0. The minimum atomic E-state index is -1.11. The highest BCUT2D eigenvalue weighted by Crippen LogP contribution is 2.35. The van der Waals surface area contributed by atoms with Crippen LogP contribution in [0.5, 0.6) is 11.5 Å². The van der Waals surface area contributed by atoms with Crippen LogP contribution in [0.1, 0.15) is 22.4 Å². The van der Waals surface area contributed by atoms with Gasteiger partial charge in [0.15, 0.2) is 0 Å². The van der Waals surface area contributed by atoms with Crippen molar-refractivity contribution in [3.05, 3.63) is 87.0 Å². The van der Waals surface area contributed by atoms with Crippen LogP contribution < -0.4 is 9.47 Å².